The summed E-state index contributed by atoms with van der Waals surface area (Å²) in [5.41, 5.74) is 5.32. The molecule has 100 valence electrons. The minimum absolute atomic E-state index is 0.160. The van der Waals surface area contributed by atoms with E-state index in [0.29, 0.717) is 10.2 Å². The number of carboxylic acids is 1. The lowest BCUT2D eigenvalue weighted by molar-refractivity contribution is 0.0684. The molecule has 0 aliphatic rings. The molecular formula is C14H15BrN2O2. The second-order valence-corrected chi connectivity index (χ2v) is 5.41. The normalized spacial score (nSPS) is 10.8. The zero-order valence-electron chi connectivity index (χ0n) is 11.3. The molecule has 1 heterocycles. The lowest BCUT2D eigenvalue weighted by atomic mass is 9.97. The minimum atomic E-state index is -0.991. The molecule has 1 aromatic heterocycles. The first-order valence-corrected chi connectivity index (χ1v) is 6.66. The van der Waals surface area contributed by atoms with E-state index in [1.807, 2.05) is 19.1 Å². The van der Waals surface area contributed by atoms with Crippen LogP contribution in [-0.4, -0.2) is 20.9 Å². The van der Waals surface area contributed by atoms with Crippen molar-refractivity contribution in [3.63, 3.8) is 0 Å². The van der Waals surface area contributed by atoms with E-state index in [4.69, 9.17) is 0 Å². The highest BCUT2D eigenvalue weighted by molar-refractivity contribution is 9.10. The third kappa shape index (κ3) is 2.18. The Labute approximate surface area is 120 Å². The monoisotopic (exact) mass is 322 g/mol. The van der Waals surface area contributed by atoms with E-state index < -0.39 is 5.97 Å². The van der Waals surface area contributed by atoms with Crippen LogP contribution in [0.15, 0.2) is 16.6 Å². The highest BCUT2D eigenvalue weighted by atomic mass is 79.9. The van der Waals surface area contributed by atoms with Crippen LogP contribution >= 0.6 is 15.9 Å². The Morgan fingerprint density at radius 3 is 2.42 bits per heavy atom. The first kappa shape index (κ1) is 13.8. The predicted octanol–water partition coefficient (Wildman–Crippen LogP) is 3.47. The van der Waals surface area contributed by atoms with Crippen LogP contribution in [-0.2, 0) is 7.05 Å². The number of aromatic nitrogens is 2. The number of aromatic carboxylic acids is 1. The van der Waals surface area contributed by atoms with Crippen molar-refractivity contribution >= 4 is 21.9 Å². The number of benzene rings is 1. The number of hydrogen-bond acceptors (Lipinski definition) is 2. The molecule has 0 saturated heterocycles. The SMILES string of the molecule is Cc1ccc(-c2nn(C)c(C(=O)O)c2Br)c(C)c1C. The summed E-state index contributed by atoms with van der Waals surface area (Å²) in [5.74, 6) is -0.991. The number of carbonyl (C=O) groups is 1. The third-order valence-electron chi connectivity index (χ3n) is 3.51. The fourth-order valence-corrected chi connectivity index (χ4v) is 2.83. The largest absolute Gasteiger partial charge is 0.476 e. The maximum absolute atomic E-state index is 11.2. The Morgan fingerprint density at radius 1 is 1.26 bits per heavy atom. The quantitative estimate of drug-likeness (QED) is 0.921. The van der Waals surface area contributed by atoms with E-state index in [-0.39, 0.29) is 5.69 Å². The zero-order valence-corrected chi connectivity index (χ0v) is 12.9. The standard InChI is InChI=1S/C14H15BrN2O2/c1-7-5-6-10(9(3)8(7)2)12-11(15)13(14(18)19)17(4)16-12/h5-6H,1-4H3,(H,18,19). The van der Waals surface area contributed by atoms with Crippen LogP contribution in [0.1, 0.15) is 27.2 Å². The topological polar surface area (TPSA) is 55.1 Å². The van der Waals surface area contributed by atoms with Crippen LogP contribution in [0.5, 0.6) is 0 Å². The van der Waals surface area contributed by atoms with Gasteiger partial charge in [-0.2, -0.15) is 5.10 Å². The molecule has 2 aromatic rings. The molecule has 0 aliphatic carbocycles. The summed E-state index contributed by atoms with van der Waals surface area (Å²) in [4.78, 5) is 11.2. The van der Waals surface area contributed by atoms with Gasteiger partial charge >= 0.3 is 5.97 Å². The molecule has 0 radical (unpaired) electrons. The summed E-state index contributed by atoms with van der Waals surface area (Å²) < 4.78 is 1.91. The number of hydrogen-bond donors (Lipinski definition) is 1. The Hall–Kier alpha value is -1.62. The fourth-order valence-electron chi connectivity index (χ4n) is 2.12. The Morgan fingerprint density at radius 2 is 1.89 bits per heavy atom. The van der Waals surface area contributed by atoms with Crippen LogP contribution in [0.2, 0.25) is 0 Å². The number of rotatable bonds is 2. The average molecular weight is 323 g/mol. The summed E-state index contributed by atoms with van der Waals surface area (Å²) in [6, 6.07) is 4.01. The summed E-state index contributed by atoms with van der Waals surface area (Å²) >= 11 is 3.35. The molecule has 0 saturated carbocycles. The van der Waals surface area contributed by atoms with E-state index in [1.165, 1.54) is 15.8 Å². The summed E-state index contributed by atoms with van der Waals surface area (Å²) in [7, 11) is 1.63. The van der Waals surface area contributed by atoms with Crippen LogP contribution < -0.4 is 0 Å². The molecular weight excluding hydrogens is 308 g/mol. The summed E-state index contributed by atoms with van der Waals surface area (Å²) in [6.07, 6.45) is 0. The van der Waals surface area contributed by atoms with Gasteiger partial charge in [0.2, 0.25) is 0 Å². The van der Waals surface area contributed by atoms with Gasteiger partial charge in [-0.3, -0.25) is 4.68 Å². The molecule has 0 amide bonds. The second-order valence-electron chi connectivity index (χ2n) is 4.62. The first-order chi connectivity index (χ1) is 8.84. The van der Waals surface area contributed by atoms with Gasteiger partial charge in [-0.05, 0) is 53.4 Å². The third-order valence-corrected chi connectivity index (χ3v) is 4.26. The predicted molar refractivity (Wildman–Crippen MR) is 77.5 cm³/mol. The molecule has 0 atom stereocenters. The maximum Gasteiger partial charge on any atom is 0.355 e. The average Bonchev–Trinajstić information content (AvgIpc) is 2.62. The highest BCUT2D eigenvalue weighted by Gasteiger charge is 2.21. The number of nitrogens with zero attached hydrogens (tertiary/aromatic N) is 2. The molecule has 0 aliphatic heterocycles. The number of aryl methyl sites for hydroxylation is 2. The van der Waals surface area contributed by atoms with Gasteiger partial charge in [-0.25, -0.2) is 4.79 Å². The van der Waals surface area contributed by atoms with E-state index in [9.17, 15) is 9.90 Å². The molecule has 0 fully saturated rings. The van der Waals surface area contributed by atoms with Crippen molar-refractivity contribution in [2.24, 2.45) is 7.05 Å². The van der Waals surface area contributed by atoms with Gasteiger partial charge in [0.05, 0.1) is 4.47 Å². The lowest BCUT2D eigenvalue weighted by Crippen LogP contribution is -2.05. The molecule has 19 heavy (non-hydrogen) atoms. The molecule has 0 unspecified atom stereocenters. The lowest BCUT2D eigenvalue weighted by Gasteiger charge is -2.09. The molecule has 5 heteroatoms. The second kappa shape index (κ2) is 4.81. The van der Waals surface area contributed by atoms with Crippen LogP contribution in [0.25, 0.3) is 11.3 Å². The van der Waals surface area contributed by atoms with E-state index >= 15 is 0 Å². The maximum atomic E-state index is 11.2. The van der Waals surface area contributed by atoms with Crippen LogP contribution in [0.3, 0.4) is 0 Å². The van der Waals surface area contributed by atoms with E-state index in [0.717, 1.165) is 11.1 Å². The molecule has 1 aromatic carbocycles. The molecule has 4 nitrogen and oxygen atoms in total. The highest BCUT2D eigenvalue weighted by Crippen LogP contribution is 2.33. The Balaban J connectivity index is 2.71. The van der Waals surface area contributed by atoms with Crippen molar-refractivity contribution in [2.75, 3.05) is 0 Å². The Bertz CT molecular complexity index is 675. The van der Waals surface area contributed by atoms with Gasteiger partial charge in [-0.1, -0.05) is 12.1 Å². The van der Waals surface area contributed by atoms with Crippen molar-refractivity contribution in [2.45, 2.75) is 20.8 Å². The van der Waals surface area contributed by atoms with Gasteiger partial charge in [-0.15, -0.1) is 0 Å². The van der Waals surface area contributed by atoms with Crippen molar-refractivity contribution < 1.29 is 9.90 Å². The van der Waals surface area contributed by atoms with Gasteiger partial charge < -0.3 is 5.11 Å². The van der Waals surface area contributed by atoms with Gasteiger partial charge in [0.1, 0.15) is 5.69 Å². The van der Waals surface area contributed by atoms with Crippen molar-refractivity contribution in [3.8, 4) is 11.3 Å². The van der Waals surface area contributed by atoms with Gasteiger partial charge in [0, 0.05) is 12.6 Å². The van der Waals surface area contributed by atoms with Gasteiger partial charge in [0.15, 0.2) is 5.69 Å². The number of halogens is 1. The van der Waals surface area contributed by atoms with Crippen LogP contribution in [0, 0.1) is 20.8 Å². The smallest absolute Gasteiger partial charge is 0.355 e. The molecule has 2 rings (SSSR count). The van der Waals surface area contributed by atoms with Crippen molar-refractivity contribution in [1.29, 1.82) is 0 Å². The van der Waals surface area contributed by atoms with Crippen molar-refractivity contribution in [3.05, 3.63) is 39.0 Å². The first-order valence-electron chi connectivity index (χ1n) is 5.87. The molecule has 1 N–H and O–H groups in total. The number of carboxylic acid groups (broad SMARTS) is 1. The van der Waals surface area contributed by atoms with E-state index in [2.05, 4.69) is 34.9 Å². The molecule has 0 spiro atoms. The summed E-state index contributed by atoms with van der Waals surface area (Å²) in [5, 5.41) is 13.5. The van der Waals surface area contributed by atoms with Gasteiger partial charge in [0.25, 0.3) is 0 Å². The summed E-state index contributed by atoms with van der Waals surface area (Å²) in [6.45, 7) is 6.14. The Kier molecular flexibility index (Phi) is 3.49. The van der Waals surface area contributed by atoms with E-state index in [1.54, 1.807) is 7.05 Å². The fraction of sp³-hybridized carbons (Fsp3) is 0.286. The molecule has 0 bridgehead atoms. The zero-order chi connectivity index (χ0) is 14.3. The van der Waals surface area contributed by atoms with Crippen molar-refractivity contribution in [1.82, 2.24) is 9.78 Å². The van der Waals surface area contributed by atoms with Crippen LogP contribution in [0.4, 0.5) is 0 Å². The minimum Gasteiger partial charge on any atom is -0.476 e.